The monoisotopic (exact) mass is 278 g/mol. The molecule has 1 aromatic rings. The van der Waals surface area contributed by atoms with Crippen molar-refractivity contribution in [3.05, 3.63) is 33.9 Å². The van der Waals surface area contributed by atoms with E-state index in [-0.39, 0.29) is 18.3 Å². The van der Waals surface area contributed by atoms with E-state index >= 15 is 0 Å². The standard InChI is InChI=1S/C14H18N2O4/c1-10-12(7-4-8-13(10)16(19)20)15(9-14(17)18)11-5-2-3-6-11/h4,7-8,11H,2-3,5-6,9H2,1H3,(H,17,18). The van der Waals surface area contributed by atoms with Crippen molar-refractivity contribution in [2.75, 3.05) is 11.4 Å². The van der Waals surface area contributed by atoms with Crippen molar-refractivity contribution in [2.24, 2.45) is 0 Å². The SMILES string of the molecule is Cc1c(N(CC(=O)O)C2CCCC2)cccc1[N+](=O)[O-]. The van der Waals surface area contributed by atoms with Gasteiger partial charge in [-0.2, -0.15) is 0 Å². The van der Waals surface area contributed by atoms with Crippen LogP contribution in [0.25, 0.3) is 0 Å². The van der Waals surface area contributed by atoms with Crippen LogP contribution in [0.5, 0.6) is 0 Å². The highest BCUT2D eigenvalue weighted by Crippen LogP contribution is 2.33. The third-order valence-corrected chi connectivity index (χ3v) is 3.85. The first-order chi connectivity index (χ1) is 9.50. The molecular weight excluding hydrogens is 260 g/mol. The van der Waals surface area contributed by atoms with Gasteiger partial charge in [0.15, 0.2) is 0 Å². The second kappa shape index (κ2) is 5.90. The topological polar surface area (TPSA) is 83.7 Å². The average molecular weight is 278 g/mol. The van der Waals surface area contributed by atoms with Gasteiger partial charge in [0.25, 0.3) is 5.69 Å². The molecule has 2 rings (SSSR count). The van der Waals surface area contributed by atoms with Crippen LogP contribution in [0.3, 0.4) is 0 Å². The predicted octanol–water partition coefficient (Wildman–Crippen LogP) is 2.74. The lowest BCUT2D eigenvalue weighted by Crippen LogP contribution is -2.38. The van der Waals surface area contributed by atoms with Crippen molar-refractivity contribution >= 4 is 17.3 Å². The number of carboxylic acid groups (broad SMARTS) is 1. The van der Waals surface area contributed by atoms with Crippen LogP contribution in [-0.2, 0) is 4.79 Å². The summed E-state index contributed by atoms with van der Waals surface area (Å²) in [6.07, 6.45) is 4.04. The Hall–Kier alpha value is -2.11. The third kappa shape index (κ3) is 2.89. The Kier molecular flexibility index (Phi) is 4.22. The zero-order valence-electron chi connectivity index (χ0n) is 11.4. The van der Waals surface area contributed by atoms with Crippen LogP contribution in [0.2, 0.25) is 0 Å². The minimum Gasteiger partial charge on any atom is -0.480 e. The van der Waals surface area contributed by atoms with Gasteiger partial charge in [0.05, 0.1) is 10.5 Å². The molecule has 1 saturated carbocycles. The minimum atomic E-state index is -0.914. The molecule has 1 aliphatic rings. The predicted molar refractivity (Wildman–Crippen MR) is 75.1 cm³/mol. The number of aliphatic carboxylic acids is 1. The van der Waals surface area contributed by atoms with Crippen molar-refractivity contribution in [3.8, 4) is 0 Å². The Labute approximate surface area is 117 Å². The van der Waals surface area contributed by atoms with Crippen LogP contribution in [-0.4, -0.2) is 28.6 Å². The molecule has 0 amide bonds. The number of hydrogen-bond donors (Lipinski definition) is 1. The summed E-state index contributed by atoms with van der Waals surface area (Å²) in [5.41, 5.74) is 1.23. The summed E-state index contributed by atoms with van der Waals surface area (Å²) in [6.45, 7) is 1.56. The highest BCUT2D eigenvalue weighted by molar-refractivity contribution is 5.75. The fourth-order valence-corrected chi connectivity index (χ4v) is 2.89. The maximum atomic E-state index is 11.1. The van der Waals surface area contributed by atoms with Gasteiger partial charge in [-0.15, -0.1) is 0 Å². The Balaban J connectivity index is 2.39. The van der Waals surface area contributed by atoms with Crippen LogP contribution < -0.4 is 4.90 Å². The van der Waals surface area contributed by atoms with E-state index in [1.54, 1.807) is 24.0 Å². The van der Waals surface area contributed by atoms with Crippen molar-refractivity contribution in [1.29, 1.82) is 0 Å². The summed E-state index contributed by atoms with van der Waals surface area (Å²) in [6, 6.07) is 4.99. The van der Waals surface area contributed by atoms with E-state index in [1.807, 2.05) is 0 Å². The molecule has 0 bridgehead atoms. The number of rotatable bonds is 5. The van der Waals surface area contributed by atoms with Crippen molar-refractivity contribution < 1.29 is 14.8 Å². The molecule has 1 aromatic carbocycles. The van der Waals surface area contributed by atoms with Crippen LogP contribution in [0.15, 0.2) is 18.2 Å². The zero-order valence-corrected chi connectivity index (χ0v) is 11.4. The van der Waals surface area contributed by atoms with Crippen molar-refractivity contribution in [2.45, 2.75) is 38.6 Å². The van der Waals surface area contributed by atoms with Crippen LogP contribution in [0.4, 0.5) is 11.4 Å². The molecule has 1 fully saturated rings. The summed E-state index contributed by atoms with van der Waals surface area (Å²) >= 11 is 0. The number of nitrogens with zero attached hydrogens (tertiary/aromatic N) is 2. The zero-order chi connectivity index (χ0) is 14.7. The van der Waals surface area contributed by atoms with Gasteiger partial charge in [-0.05, 0) is 25.8 Å². The highest BCUT2D eigenvalue weighted by atomic mass is 16.6. The Morgan fingerprint density at radius 2 is 2.10 bits per heavy atom. The molecule has 6 heteroatoms. The molecular formula is C14H18N2O4. The van der Waals surface area contributed by atoms with E-state index in [2.05, 4.69) is 0 Å². The summed E-state index contributed by atoms with van der Waals surface area (Å²) in [5.74, 6) is -0.914. The molecule has 0 saturated heterocycles. The average Bonchev–Trinajstić information content (AvgIpc) is 2.89. The number of anilines is 1. The van der Waals surface area contributed by atoms with Crippen LogP contribution >= 0.6 is 0 Å². The molecule has 108 valence electrons. The number of nitro benzene ring substituents is 1. The molecule has 0 unspecified atom stereocenters. The van der Waals surface area contributed by atoms with E-state index < -0.39 is 10.9 Å². The fourth-order valence-electron chi connectivity index (χ4n) is 2.89. The first-order valence-corrected chi connectivity index (χ1v) is 6.73. The molecule has 20 heavy (non-hydrogen) atoms. The normalized spacial score (nSPS) is 15.2. The van der Waals surface area contributed by atoms with Gasteiger partial charge in [0.2, 0.25) is 0 Å². The molecule has 0 aliphatic heterocycles. The van der Waals surface area contributed by atoms with Gasteiger partial charge in [-0.1, -0.05) is 18.9 Å². The van der Waals surface area contributed by atoms with E-state index in [4.69, 9.17) is 5.11 Å². The maximum absolute atomic E-state index is 11.1. The first kappa shape index (κ1) is 14.3. The minimum absolute atomic E-state index is 0.0379. The van der Waals surface area contributed by atoms with Gasteiger partial charge >= 0.3 is 5.97 Å². The Morgan fingerprint density at radius 3 is 2.65 bits per heavy atom. The Bertz CT molecular complexity index is 524. The lowest BCUT2D eigenvalue weighted by Gasteiger charge is -2.30. The summed E-state index contributed by atoms with van der Waals surface area (Å²) in [7, 11) is 0. The number of carbonyl (C=O) groups is 1. The molecule has 0 atom stereocenters. The second-order valence-electron chi connectivity index (χ2n) is 5.14. The number of hydrogen-bond acceptors (Lipinski definition) is 4. The summed E-state index contributed by atoms with van der Waals surface area (Å²) < 4.78 is 0. The third-order valence-electron chi connectivity index (χ3n) is 3.85. The van der Waals surface area contributed by atoms with Gasteiger partial charge in [0.1, 0.15) is 6.54 Å². The highest BCUT2D eigenvalue weighted by Gasteiger charge is 2.27. The van der Waals surface area contributed by atoms with E-state index in [1.165, 1.54) is 6.07 Å². The molecule has 6 nitrogen and oxygen atoms in total. The lowest BCUT2D eigenvalue weighted by molar-refractivity contribution is -0.385. The molecule has 1 N–H and O–H groups in total. The smallest absolute Gasteiger partial charge is 0.323 e. The number of benzene rings is 1. The molecule has 0 aromatic heterocycles. The van der Waals surface area contributed by atoms with Gasteiger partial charge in [-0.25, -0.2) is 0 Å². The molecule has 0 radical (unpaired) electrons. The summed E-state index contributed by atoms with van der Waals surface area (Å²) in [5, 5.41) is 20.1. The van der Waals surface area contributed by atoms with Crippen LogP contribution in [0, 0.1) is 17.0 Å². The largest absolute Gasteiger partial charge is 0.480 e. The molecule has 1 aliphatic carbocycles. The van der Waals surface area contributed by atoms with E-state index in [0.717, 1.165) is 25.7 Å². The van der Waals surface area contributed by atoms with Crippen LogP contribution in [0.1, 0.15) is 31.2 Å². The van der Waals surface area contributed by atoms with Crippen molar-refractivity contribution in [1.82, 2.24) is 0 Å². The number of carboxylic acids is 1. The number of nitro groups is 1. The molecule has 0 heterocycles. The second-order valence-corrected chi connectivity index (χ2v) is 5.14. The van der Waals surface area contributed by atoms with E-state index in [9.17, 15) is 14.9 Å². The van der Waals surface area contributed by atoms with Crippen molar-refractivity contribution in [3.63, 3.8) is 0 Å². The van der Waals surface area contributed by atoms with Gasteiger partial charge in [-0.3, -0.25) is 14.9 Å². The van der Waals surface area contributed by atoms with E-state index in [0.29, 0.717) is 11.3 Å². The Morgan fingerprint density at radius 1 is 1.45 bits per heavy atom. The first-order valence-electron chi connectivity index (χ1n) is 6.73. The summed E-state index contributed by atoms with van der Waals surface area (Å²) in [4.78, 5) is 23.5. The van der Waals surface area contributed by atoms with Gasteiger partial charge < -0.3 is 10.0 Å². The quantitative estimate of drug-likeness (QED) is 0.661. The lowest BCUT2D eigenvalue weighted by atomic mass is 10.1. The fraction of sp³-hybridized carbons (Fsp3) is 0.500. The maximum Gasteiger partial charge on any atom is 0.323 e. The van der Waals surface area contributed by atoms with Gasteiger partial charge in [0, 0.05) is 17.8 Å². The molecule has 0 spiro atoms.